The number of aliphatic carboxylic acids is 1. The van der Waals surface area contributed by atoms with E-state index in [-0.39, 0.29) is 22.5 Å². The second kappa shape index (κ2) is 10.8. The van der Waals surface area contributed by atoms with Gasteiger partial charge in [-0.15, -0.1) is 0 Å². The Hall–Kier alpha value is -1.56. The SMILES string of the molecule is CC(CNC(=O)c1cc(CO[Si](C)(C)C(C)(C)C)nc(CO[Si](C)(C)C(C)(C)C)c1)C(=O)O. The summed E-state index contributed by atoms with van der Waals surface area (Å²) in [6.07, 6.45) is 0. The van der Waals surface area contributed by atoms with Gasteiger partial charge in [0, 0.05) is 12.1 Å². The molecule has 0 aliphatic carbocycles. The van der Waals surface area contributed by atoms with Crippen molar-refractivity contribution in [2.75, 3.05) is 6.54 Å². The average molecular weight is 497 g/mol. The molecule has 0 aliphatic heterocycles. The lowest BCUT2D eigenvalue weighted by Crippen LogP contribution is -2.41. The zero-order valence-corrected chi connectivity index (χ0v) is 24.4. The second-order valence-corrected chi connectivity index (χ2v) is 21.5. The highest BCUT2D eigenvalue weighted by atomic mass is 28.4. The molecule has 9 heteroatoms. The number of pyridine rings is 1. The molecule has 0 spiro atoms. The molecular weight excluding hydrogens is 452 g/mol. The topological polar surface area (TPSA) is 97.8 Å². The summed E-state index contributed by atoms with van der Waals surface area (Å²) in [7, 11) is -3.99. The summed E-state index contributed by atoms with van der Waals surface area (Å²) in [6.45, 7) is 24.0. The first-order valence-electron chi connectivity index (χ1n) is 11.6. The number of hydrogen-bond donors (Lipinski definition) is 2. The Morgan fingerprint density at radius 2 is 1.33 bits per heavy atom. The van der Waals surface area contributed by atoms with E-state index in [0.717, 1.165) is 0 Å². The fourth-order valence-corrected chi connectivity index (χ4v) is 4.19. The molecule has 1 heterocycles. The molecule has 1 amide bonds. The molecule has 0 radical (unpaired) electrons. The third kappa shape index (κ3) is 8.62. The van der Waals surface area contributed by atoms with Crippen molar-refractivity contribution in [3.05, 3.63) is 29.1 Å². The van der Waals surface area contributed by atoms with E-state index in [1.165, 1.54) is 0 Å². The Labute approximate surface area is 201 Å². The number of carboxylic acid groups (broad SMARTS) is 1. The summed E-state index contributed by atoms with van der Waals surface area (Å²) in [5.74, 6) is -1.94. The first kappa shape index (κ1) is 29.5. The van der Waals surface area contributed by atoms with Gasteiger partial charge in [-0.05, 0) is 48.4 Å². The van der Waals surface area contributed by atoms with Crippen LogP contribution in [0.2, 0.25) is 36.3 Å². The number of carbonyl (C=O) groups excluding carboxylic acids is 1. The third-order valence-corrected chi connectivity index (χ3v) is 15.9. The van der Waals surface area contributed by atoms with Gasteiger partial charge in [0.15, 0.2) is 16.6 Å². The summed E-state index contributed by atoms with van der Waals surface area (Å²) >= 11 is 0. The van der Waals surface area contributed by atoms with Crippen molar-refractivity contribution >= 4 is 28.5 Å². The first-order valence-corrected chi connectivity index (χ1v) is 17.4. The van der Waals surface area contributed by atoms with Crippen LogP contribution in [0.5, 0.6) is 0 Å². The Morgan fingerprint density at radius 1 is 0.939 bits per heavy atom. The maximum absolute atomic E-state index is 12.8. The van der Waals surface area contributed by atoms with Gasteiger partial charge in [-0.25, -0.2) is 0 Å². The lowest BCUT2D eigenvalue weighted by molar-refractivity contribution is -0.140. The molecule has 1 atom stereocenters. The molecule has 0 bridgehead atoms. The maximum Gasteiger partial charge on any atom is 0.308 e. The van der Waals surface area contributed by atoms with Crippen LogP contribution >= 0.6 is 0 Å². The number of amides is 1. The summed E-state index contributed by atoms with van der Waals surface area (Å²) in [4.78, 5) is 28.6. The van der Waals surface area contributed by atoms with Crippen LogP contribution in [0.3, 0.4) is 0 Å². The predicted octanol–water partition coefficient (Wildman–Crippen LogP) is 5.58. The largest absolute Gasteiger partial charge is 0.481 e. The number of carboxylic acids is 1. The molecular formula is C24H44N2O5Si2. The van der Waals surface area contributed by atoms with Crippen LogP contribution < -0.4 is 5.32 Å². The number of aromatic nitrogens is 1. The van der Waals surface area contributed by atoms with E-state index < -0.39 is 28.5 Å². The van der Waals surface area contributed by atoms with Crippen molar-refractivity contribution in [3.63, 3.8) is 0 Å². The molecule has 188 valence electrons. The fraction of sp³-hybridized carbons (Fsp3) is 0.708. The second-order valence-electron chi connectivity index (χ2n) is 11.9. The molecule has 0 saturated heterocycles. The Morgan fingerprint density at radius 3 is 1.67 bits per heavy atom. The lowest BCUT2D eigenvalue weighted by Gasteiger charge is -2.36. The van der Waals surface area contributed by atoms with E-state index in [1.54, 1.807) is 19.1 Å². The molecule has 0 fully saturated rings. The van der Waals surface area contributed by atoms with Gasteiger partial charge in [-0.2, -0.15) is 0 Å². The standard InChI is InChI=1S/C24H44N2O5Si2/c1-17(22(28)29)14-25-21(27)18-12-19(15-30-32(8,9)23(2,3)4)26-20(13-18)16-31-33(10,11)24(5,6)7/h12-13,17H,14-16H2,1-11H3,(H,25,27)(H,28,29). The normalized spacial score (nSPS) is 14.2. The molecule has 33 heavy (non-hydrogen) atoms. The molecule has 1 unspecified atom stereocenters. The highest BCUT2D eigenvalue weighted by Crippen LogP contribution is 2.38. The van der Waals surface area contributed by atoms with Crippen molar-refractivity contribution in [2.45, 2.75) is 97.9 Å². The van der Waals surface area contributed by atoms with E-state index >= 15 is 0 Å². The summed E-state index contributed by atoms with van der Waals surface area (Å²) < 4.78 is 12.7. The molecule has 2 N–H and O–H groups in total. The minimum atomic E-state index is -2.00. The quantitative estimate of drug-likeness (QED) is 0.411. The zero-order valence-electron chi connectivity index (χ0n) is 22.4. The van der Waals surface area contributed by atoms with Crippen LogP contribution in [-0.2, 0) is 26.9 Å². The predicted molar refractivity (Wildman–Crippen MR) is 137 cm³/mol. The molecule has 1 rings (SSSR count). The van der Waals surface area contributed by atoms with Gasteiger partial charge in [-0.3, -0.25) is 14.6 Å². The molecule has 7 nitrogen and oxygen atoms in total. The van der Waals surface area contributed by atoms with Gasteiger partial charge >= 0.3 is 5.97 Å². The monoisotopic (exact) mass is 496 g/mol. The van der Waals surface area contributed by atoms with Gasteiger partial charge in [0.2, 0.25) is 0 Å². The smallest absolute Gasteiger partial charge is 0.308 e. The summed E-state index contributed by atoms with van der Waals surface area (Å²) in [5.41, 5.74) is 1.78. The Balaban J connectivity index is 3.16. The van der Waals surface area contributed by atoms with Crippen LogP contribution in [0.4, 0.5) is 0 Å². The van der Waals surface area contributed by atoms with E-state index in [1.807, 2.05) is 0 Å². The lowest BCUT2D eigenvalue weighted by atomic mass is 10.1. The fourth-order valence-electron chi connectivity index (χ4n) is 2.31. The van der Waals surface area contributed by atoms with Crippen LogP contribution in [0, 0.1) is 5.92 Å². The number of nitrogens with zero attached hydrogens (tertiary/aromatic N) is 1. The number of rotatable bonds is 10. The van der Waals surface area contributed by atoms with Crippen molar-refractivity contribution < 1.29 is 23.5 Å². The highest BCUT2D eigenvalue weighted by molar-refractivity contribution is 6.74. The van der Waals surface area contributed by atoms with Crippen LogP contribution in [0.1, 0.15) is 70.2 Å². The van der Waals surface area contributed by atoms with Crippen molar-refractivity contribution in [1.82, 2.24) is 10.3 Å². The number of nitrogens with one attached hydrogen (secondary N) is 1. The molecule has 0 saturated carbocycles. The van der Waals surface area contributed by atoms with Crippen LogP contribution in [0.25, 0.3) is 0 Å². The zero-order chi connectivity index (χ0) is 25.8. The van der Waals surface area contributed by atoms with Crippen molar-refractivity contribution in [1.29, 1.82) is 0 Å². The Kier molecular flexibility index (Phi) is 9.64. The number of carbonyl (C=O) groups is 2. The highest BCUT2D eigenvalue weighted by Gasteiger charge is 2.38. The van der Waals surface area contributed by atoms with E-state index in [0.29, 0.717) is 30.2 Å². The molecule has 0 aromatic carbocycles. The third-order valence-electron chi connectivity index (χ3n) is 6.96. The van der Waals surface area contributed by atoms with Crippen molar-refractivity contribution in [2.24, 2.45) is 5.92 Å². The molecule has 0 aliphatic rings. The molecule has 1 aromatic rings. The van der Waals surface area contributed by atoms with E-state index in [4.69, 9.17) is 18.9 Å². The van der Waals surface area contributed by atoms with Gasteiger partial charge in [0.1, 0.15) is 0 Å². The van der Waals surface area contributed by atoms with Crippen molar-refractivity contribution in [3.8, 4) is 0 Å². The van der Waals surface area contributed by atoms with Gasteiger partial charge in [0.25, 0.3) is 5.91 Å². The maximum atomic E-state index is 12.8. The number of hydrogen-bond acceptors (Lipinski definition) is 5. The van der Waals surface area contributed by atoms with Gasteiger partial charge < -0.3 is 19.3 Å². The van der Waals surface area contributed by atoms with Crippen LogP contribution in [0.15, 0.2) is 12.1 Å². The van der Waals surface area contributed by atoms with E-state index in [2.05, 4.69) is 73.0 Å². The minimum Gasteiger partial charge on any atom is -0.481 e. The van der Waals surface area contributed by atoms with Gasteiger partial charge in [0.05, 0.1) is 30.5 Å². The minimum absolute atomic E-state index is 0.0576. The first-order chi connectivity index (χ1) is 14.8. The summed E-state index contributed by atoms with van der Waals surface area (Å²) in [5, 5.41) is 11.9. The van der Waals surface area contributed by atoms with E-state index in [9.17, 15) is 9.59 Å². The summed E-state index contributed by atoms with van der Waals surface area (Å²) in [6, 6.07) is 3.45. The van der Waals surface area contributed by atoms with Gasteiger partial charge in [-0.1, -0.05) is 48.5 Å². The molecule has 1 aromatic heterocycles. The van der Waals surface area contributed by atoms with Crippen LogP contribution in [-0.4, -0.2) is 45.1 Å². The Bertz CT molecular complexity index is 794. The average Bonchev–Trinajstić information content (AvgIpc) is 2.66.